The van der Waals surface area contributed by atoms with E-state index in [1.165, 1.54) is 29.8 Å². The maximum Gasteiger partial charge on any atom is 0.420 e. The summed E-state index contributed by atoms with van der Waals surface area (Å²) >= 11 is 1.53. The zero-order valence-electron chi connectivity index (χ0n) is 23.7. The summed E-state index contributed by atoms with van der Waals surface area (Å²) in [5.74, 6) is 6.37. The van der Waals surface area contributed by atoms with Crippen LogP contribution >= 0.6 is 11.3 Å². The van der Waals surface area contributed by atoms with E-state index in [0.29, 0.717) is 24.4 Å². The van der Waals surface area contributed by atoms with E-state index in [1.807, 2.05) is 19.4 Å². The van der Waals surface area contributed by atoms with Gasteiger partial charge in [0.1, 0.15) is 29.5 Å². The van der Waals surface area contributed by atoms with E-state index in [9.17, 15) is 18.0 Å². The molecule has 2 N–H and O–H groups in total. The molecule has 2 aromatic heterocycles. The molecule has 4 aromatic rings. The van der Waals surface area contributed by atoms with E-state index in [4.69, 9.17) is 4.74 Å². The summed E-state index contributed by atoms with van der Waals surface area (Å²) in [6.45, 7) is 3.41. The Morgan fingerprint density at radius 3 is 2.56 bits per heavy atom. The number of carbonyl (C=O) groups is 1. The Balaban J connectivity index is 1.20. The molecule has 2 fully saturated rings. The lowest BCUT2D eigenvalue weighted by Crippen LogP contribution is -2.36. The number of aromatic nitrogens is 2. The lowest BCUT2D eigenvalue weighted by Gasteiger charge is -2.30. The Hall–Kier alpha value is -4.14. The summed E-state index contributed by atoms with van der Waals surface area (Å²) in [6.07, 6.45) is 0.173. The van der Waals surface area contributed by atoms with E-state index < -0.39 is 17.6 Å². The van der Waals surface area contributed by atoms with Crippen molar-refractivity contribution >= 4 is 39.0 Å². The number of nitrogens with one attached hydrogen (secondary N) is 2. The number of alkyl halides is 3. The zero-order chi connectivity index (χ0) is 30.1. The number of amides is 1. The van der Waals surface area contributed by atoms with E-state index in [-0.39, 0.29) is 23.1 Å². The van der Waals surface area contributed by atoms with Gasteiger partial charge in [-0.1, -0.05) is 17.9 Å². The quantitative estimate of drug-likeness (QED) is 0.238. The normalized spacial score (nSPS) is 16.0. The molecule has 7 nitrogen and oxygen atoms in total. The molecule has 11 heteroatoms. The number of likely N-dealkylation sites (tertiary alicyclic amines) is 1. The third kappa shape index (κ3) is 6.76. The highest BCUT2D eigenvalue weighted by Crippen LogP contribution is 2.39. The number of hydrogen-bond acceptors (Lipinski definition) is 7. The van der Waals surface area contributed by atoms with Gasteiger partial charge < -0.3 is 20.3 Å². The van der Waals surface area contributed by atoms with Crippen LogP contribution in [-0.2, 0) is 6.18 Å². The van der Waals surface area contributed by atoms with Crippen LogP contribution in [0.2, 0.25) is 0 Å². The van der Waals surface area contributed by atoms with Gasteiger partial charge in [-0.05, 0) is 75.5 Å². The highest BCUT2D eigenvalue weighted by Gasteiger charge is 2.36. The standard InChI is InChI=1S/C32H30F3N5O2S/c1-19-3-4-21(15-20(19)5-6-22-17-43-29-28(22)36-18-37-30(29)38-23-7-8-23)31(41)39-24-9-10-27(26(16-24)32(33,34)35)42-25-11-13-40(2)14-12-25/h3-4,9-10,15-18,23,25H,7-8,11-14H2,1-2H3,(H,39,41)(H,36,37,38). The Kier molecular flexibility index (Phi) is 7.99. The van der Waals surface area contributed by atoms with Gasteiger partial charge in [0.05, 0.1) is 15.8 Å². The average molecular weight is 606 g/mol. The van der Waals surface area contributed by atoms with E-state index in [1.54, 1.807) is 18.2 Å². The van der Waals surface area contributed by atoms with Gasteiger partial charge >= 0.3 is 6.18 Å². The van der Waals surface area contributed by atoms with Gasteiger partial charge in [-0.3, -0.25) is 4.79 Å². The van der Waals surface area contributed by atoms with Gasteiger partial charge in [0, 0.05) is 41.3 Å². The first-order chi connectivity index (χ1) is 20.6. The van der Waals surface area contributed by atoms with Crippen LogP contribution in [-0.4, -0.2) is 53.1 Å². The van der Waals surface area contributed by atoms with Gasteiger partial charge in [-0.25, -0.2) is 9.97 Å². The molecule has 1 aliphatic heterocycles. The summed E-state index contributed by atoms with van der Waals surface area (Å²) in [7, 11) is 1.97. The van der Waals surface area contributed by atoms with Crippen molar-refractivity contribution in [1.29, 1.82) is 0 Å². The van der Waals surface area contributed by atoms with Crippen LogP contribution in [0.4, 0.5) is 24.7 Å². The Morgan fingerprint density at radius 1 is 1.05 bits per heavy atom. The van der Waals surface area contributed by atoms with Crippen molar-refractivity contribution in [3.05, 3.63) is 75.9 Å². The molecule has 6 rings (SSSR count). The molecule has 2 aromatic carbocycles. The topological polar surface area (TPSA) is 79.4 Å². The van der Waals surface area contributed by atoms with Crippen molar-refractivity contribution in [3.63, 3.8) is 0 Å². The number of ether oxygens (including phenoxy) is 1. The van der Waals surface area contributed by atoms with Gasteiger partial charge in [0.15, 0.2) is 0 Å². The molecule has 3 heterocycles. The molecule has 222 valence electrons. The largest absolute Gasteiger partial charge is 0.490 e. The van der Waals surface area contributed by atoms with Crippen molar-refractivity contribution in [1.82, 2.24) is 14.9 Å². The highest BCUT2D eigenvalue weighted by molar-refractivity contribution is 7.18. The summed E-state index contributed by atoms with van der Waals surface area (Å²) in [5.41, 5.74) is 2.43. The number of benzene rings is 2. The number of thiophene rings is 1. The number of fused-ring (bicyclic) bond motifs is 1. The molecule has 0 radical (unpaired) electrons. The van der Waals surface area contributed by atoms with Crippen molar-refractivity contribution in [2.24, 2.45) is 0 Å². The summed E-state index contributed by atoms with van der Waals surface area (Å²) in [4.78, 5) is 24.0. The minimum absolute atomic E-state index is 0.0290. The second-order valence-electron chi connectivity index (χ2n) is 11.0. The second-order valence-corrected chi connectivity index (χ2v) is 11.9. The molecular formula is C32H30F3N5O2S. The van der Waals surface area contributed by atoms with Crippen molar-refractivity contribution in [2.75, 3.05) is 30.8 Å². The number of anilines is 2. The molecule has 1 saturated heterocycles. The number of rotatable bonds is 6. The Bertz CT molecular complexity index is 1730. The van der Waals surface area contributed by atoms with Crippen molar-refractivity contribution in [2.45, 2.75) is 50.9 Å². The molecule has 1 saturated carbocycles. The van der Waals surface area contributed by atoms with Gasteiger partial charge in [-0.2, -0.15) is 13.2 Å². The first kappa shape index (κ1) is 29.0. The summed E-state index contributed by atoms with van der Waals surface area (Å²) < 4.78 is 48.6. The van der Waals surface area contributed by atoms with Crippen LogP contribution < -0.4 is 15.4 Å². The molecule has 43 heavy (non-hydrogen) atoms. The zero-order valence-corrected chi connectivity index (χ0v) is 24.5. The SMILES string of the molecule is Cc1ccc(C(=O)Nc2ccc(OC3CCN(C)CC3)c(C(F)(F)F)c2)cc1C#Cc1csc2c(NC3CC3)ncnc12. The van der Waals surface area contributed by atoms with Crippen LogP contribution in [0.3, 0.4) is 0 Å². The van der Waals surface area contributed by atoms with Crippen LogP contribution in [0, 0.1) is 18.8 Å². The molecular weight excluding hydrogens is 575 g/mol. The van der Waals surface area contributed by atoms with Crippen LogP contribution in [0.25, 0.3) is 10.2 Å². The van der Waals surface area contributed by atoms with E-state index in [2.05, 4.69) is 37.3 Å². The smallest absolute Gasteiger partial charge is 0.420 e. The molecule has 1 amide bonds. The molecule has 2 aliphatic rings. The van der Waals surface area contributed by atoms with Gasteiger partial charge in [0.25, 0.3) is 5.91 Å². The van der Waals surface area contributed by atoms with E-state index in [0.717, 1.165) is 59.2 Å². The third-order valence-electron chi connectivity index (χ3n) is 7.61. The number of hydrogen-bond donors (Lipinski definition) is 2. The monoisotopic (exact) mass is 605 g/mol. The Labute approximate surface area is 251 Å². The van der Waals surface area contributed by atoms with Crippen LogP contribution in [0.1, 0.15) is 58.3 Å². The fourth-order valence-corrected chi connectivity index (χ4v) is 5.82. The molecule has 0 spiro atoms. The van der Waals surface area contributed by atoms with Crippen molar-refractivity contribution in [3.8, 4) is 17.6 Å². The van der Waals surface area contributed by atoms with Crippen molar-refractivity contribution < 1.29 is 22.7 Å². The second kappa shape index (κ2) is 11.9. The first-order valence-corrected chi connectivity index (χ1v) is 15.0. The molecule has 1 aliphatic carbocycles. The average Bonchev–Trinajstić information content (AvgIpc) is 3.70. The lowest BCUT2D eigenvalue weighted by atomic mass is 10.0. The maximum absolute atomic E-state index is 14.0. The van der Waals surface area contributed by atoms with E-state index >= 15 is 0 Å². The number of piperidine rings is 1. The minimum atomic E-state index is -4.64. The van der Waals surface area contributed by atoms with Gasteiger partial charge in [0.2, 0.25) is 0 Å². The number of carbonyl (C=O) groups excluding carboxylic acids is 1. The van der Waals surface area contributed by atoms with Crippen LogP contribution in [0.15, 0.2) is 48.1 Å². The highest BCUT2D eigenvalue weighted by atomic mass is 32.1. The molecule has 0 bridgehead atoms. The fourth-order valence-electron chi connectivity index (χ4n) is 4.91. The van der Waals surface area contributed by atoms with Crippen LogP contribution in [0.5, 0.6) is 5.75 Å². The minimum Gasteiger partial charge on any atom is -0.490 e. The molecule has 0 atom stereocenters. The molecule has 0 unspecified atom stereocenters. The fraction of sp³-hybridized carbons (Fsp3) is 0.344. The van der Waals surface area contributed by atoms with Gasteiger partial charge in [-0.15, -0.1) is 11.3 Å². The first-order valence-electron chi connectivity index (χ1n) is 14.1. The number of nitrogens with zero attached hydrogens (tertiary/aromatic N) is 3. The third-order valence-corrected chi connectivity index (χ3v) is 8.58. The summed E-state index contributed by atoms with van der Waals surface area (Å²) in [6, 6.07) is 9.13. The summed E-state index contributed by atoms with van der Waals surface area (Å²) in [5, 5.41) is 7.97. The predicted octanol–water partition coefficient (Wildman–Crippen LogP) is 6.72. The number of aryl methyl sites for hydroxylation is 1. The lowest BCUT2D eigenvalue weighted by molar-refractivity contribution is -0.139. The number of halogens is 3. The maximum atomic E-state index is 14.0. The predicted molar refractivity (Wildman–Crippen MR) is 162 cm³/mol. The Morgan fingerprint density at radius 2 is 1.81 bits per heavy atom.